The molecule has 23 N–H and O–H groups in total. The third-order valence-corrected chi connectivity index (χ3v) is 14.6. The lowest BCUT2D eigenvalue weighted by Gasteiger charge is -2.51. The second-order valence-electron chi connectivity index (χ2n) is 19.6. The smallest absolute Gasteiger partial charge is 0.187 e. The van der Waals surface area contributed by atoms with Gasteiger partial charge in [0.05, 0.1) is 46.2 Å². The van der Waals surface area contributed by atoms with Gasteiger partial charge in [-0.3, -0.25) is 0 Å². The summed E-state index contributed by atoms with van der Waals surface area (Å²) in [7, 11) is 0. The fourth-order valence-electron chi connectivity index (χ4n) is 9.88. The van der Waals surface area contributed by atoms with E-state index in [1.54, 1.807) is 0 Å². The third kappa shape index (κ3) is 12.9. The van der Waals surface area contributed by atoms with Crippen molar-refractivity contribution in [2.75, 3.05) is 46.2 Å². The highest BCUT2D eigenvalue weighted by atomic mass is 16.8. The van der Waals surface area contributed by atoms with Gasteiger partial charge in [0, 0.05) is 0 Å². The summed E-state index contributed by atoms with van der Waals surface area (Å²) in [5.41, 5.74) is 0. The van der Waals surface area contributed by atoms with Gasteiger partial charge in [0.25, 0.3) is 0 Å². The number of aliphatic hydroxyl groups excluding tert-OH is 23. The maximum absolute atomic E-state index is 11.7. The van der Waals surface area contributed by atoms with Crippen molar-refractivity contribution < 1.29 is 179 Å². The zero-order chi connectivity index (χ0) is 57.3. The summed E-state index contributed by atoms with van der Waals surface area (Å²) < 4.78 is 74.3. The number of aliphatic hydroxyl groups is 23. The van der Waals surface area contributed by atoms with Crippen LogP contribution in [0.15, 0.2) is 0 Å². The Kier molecular flexibility index (Phi) is 22.6. The molecule has 78 heavy (non-hydrogen) atoms. The van der Waals surface area contributed by atoms with Gasteiger partial charge in [-0.15, -0.1) is 0 Å². The Morgan fingerprint density at radius 3 is 0.615 bits per heavy atom. The zero-order valence-electron chi connectivity index (χ0n) is 40.8. The fraction of sp³-hybridized carbons (Fsp3) is 1.00. The first-order valence-corrected chi connectivity index (χ1v) is 24.7. The van der Waals surface area contributed by atoms with E-state index in [4.69, 9.17) is 61.6 Å². The molecular formula is C42H72O36. The van der Waals surface area contributed by atoms with Crippen LogP contribution in [0.3, 0.4) is 0 Å². The van der Waals surface area contributed by atoms with Crippen molar-refractivity contribution in [3.8, 4) is 0 Å². The summed E-state index contributed by atoms with van der Waals surface area (Å²) >= 11 is 0. The van der Waals surface area contributed by atoms with Crippen molar-refractivity contribution in [1.82, 2.24) is 0 Å². The Bertz CT molecular complexity index is 1820. The van der Waals surface area contributed by atoms with Crippen molar-refractivity contribution in [2.24, 2.45) is 0 Å². The lowest BCUT2D eigenvalue weighted by Crippen LogP contribution is -2.69. The van der Waals surface area contributed by atoms with E-state index in [0.29, 0.717) is 0 Å². The van der Waals surface area contributed by atoms with Gasteiger partial charge in [0.2, 0.25) is 0 Å². The third-order valence-electron chi connectivity index (χ3n) is 14.6. The molecular weight excluding hydrogens is 1080 g/mol. The van der Waals surface area contributed by atoms with Crippen molar-refractivity contribution in [3.05, 3.63) is 0 Å². The average Bonchev–Trinajstić information content (AvgIpc) is 3.43. The maximum Gasteiger partial charge on any atom is 0.187 e. The van der Waals surface area contributed by atoms with Crippen LogP contribution < -0.4 is 0 Å². The van der Waals surface area contributed by atoms with Crippen LogP contribution in [-0.4, -0.2) is 379 Å². The largest absolute Gasteiger partial charge is 0.394 e. The predicted molar refractivity (Wildman–Crippen MR) is 232 cm³/mol. The fourth-order valence-corrected chi connectivity index (χ4v) is 9.88. The average molecular weight is 1150 g/mol. The second kappa shape index (κ2) is 27.5. The van der Waals surface area contributed by atoms with E-state index in [2.05, 4.69) is 0 Å². The first kappa shape index (κ1) is 64.1. The van der Waals surface area contributed by atoms with E-state index < -0.39 is 261 Å². The van der Waals surface area contributed by atoms with Crippen LogP contribution in [0.5, 0.6) is 0 Å². The molecule has 1 unspecified atom stereocenters. The summed E-state index contributed by atoms with van der Waals surface area (Å²) in [6, 6.07) is 0. The normalized spacial score (nSPS) is 53.5. The minimum Gasteiger partial charge on any atom is -0.394 e. The van der Waals surface area contributed by atoms with Gasteiger partial charge in [-0.05, 0) is 0 Å². The van der Waals surface area contributed by atoms with Crippen molar-refractivity contribution >= 4 is 0 Å². The Labute approximate surface area is 439 Å². The van der Waals surface area contributed by atoms with Crippen LogP contribution in [0.25, 0.3) is 0 Å². The van der Waals surface area contributed by atoms with Gasteiger partial charge in [0.15, 0.2) is 44.0 Å². The van der Waals surface area contributed by atoms with Crippen LogP contribution in [0, 0.1) is 0 Å². The van der Waals surface area contributed by atoms with Gasteiger partial charge >= 0.3 is 0 Å². The van der Waals surface area contributed by atoms with Gasteiger partial charge in [-0.25, -0.2) is 0 Å². The lowest BCUT2D eigenvalue weighted by atomic mass is 9.95. The molecule has 0 aliphatic carbocycles. The van der Waals surface area contributed by atoms with Gasteiger partial charge < -0.3 is 179 Å². The Balaban J connectivity index is 1.20. The molecule has 0 aromatic heterocycles. The highest BCUT2D eigenvalue weighted by Crippen LogP contribution is 2.39. The molecule has 35 atom stereocenters. The van der Waals surface area contributed by atoms with Crippen LogP contribution in [0.2, 0.25) is 0 Å². The molecule has 0 aromatic carbocycles. The quantitative estimate of drug-likeness (QED) is 0.0571. The second-order valence-corrected chi connectivity index (χ2v) is 19.6. The number of rotatable bonds is 19. The minimum atomic E-state index is -2.34. The molecule has 36 nitrogen and oxygen atoms in total. The molecule has 0 spiro atoms. The van der Waals surface area contributed by atoms with E-state index in [1.807, 2.05) is 0 Å². The summed E-state index contributed by atoms with van der Waals surface area (Å²) in [5.74, 6) is 0. The van der Waals surface area contributed by atoms with E-state index in [-0.39, 0.29) is 0 Å². The Hall–Kier alpha value is -1.44. The number of hydrogen-bond acceptors (Lipinski definition) is 36. The molecule has 7 saturated heterocycles. The molecule has 0 saturated carbocycles. The van der Waals surface area contributed by atoms with E-state index >= 15 is 0 Å². The van der Waals surface area contributed by atoms with Crippen LogP contribution in [-0.2, 0) is 61.6 Å². The Morgan fingerprint density at radius 1 is 0.192 bits per heavy atom. The topological polar surface area (TPSA) is 585 Å². The van der Waals surface area contributed by atoms with Crippen molar-refractivity contribution in [2.45, 2.75) is 215 Å². The summed E-state index contributed by atoms with van der Waals surface area (Å²) in [5, 5.41) is 246. The summed E-state index contributed by atoms with van der Waals surface area (Å²) in [4.78, 5) is 0. The summed E-state index contributed by atoms with van der Waals surface area (Å²) in [6.07, 6.45) is -72.5. The standard InChI is InChI=1S/C42H72O36/c43-1-8-16(51)23(58)30(36(65)66-8)73-38-32(25(60)18(53)10(3-45)68-38)75-40-34(27(62)20(55)12(5-47)70-40)77-42-35(28(63)21(56)14(7-49)72-42)78-41-33(26(61)19(54)13(6-48)71-41)76-39-31(24(59)17(52)11(4-46)69-39)74-37-29(64)22(57)15(50)9(2-44)67-37/h8-65H,1-7H2/t8-,9-,10-,11-,12-,13-,14-,15-,16-,17-,18-,19-,20-,21-,22+,23+,24-,25+,26+,27+,28+,29+,30+,31+,32+,33+,34+,35+,36?,37+,38+,39+,40+,41+,42+/m1/s1. The molecule has 36 heteroatoms. The molecule has 7 aliphatic rings. The monoisotopic (exact) mass is 1150 g/mol. The zero-order valence-corrected chi connectivity index (χ0v) is 40.8. The first-order chi connectivity index (χ1) is 37.0. The van der Waals surface area contributed by atoms with Crippen LogP contribution >= 0.6 is 0 Å². The molecule has 0 amide bonds. The molecule has 0 radical (unpaired) electrons. The molecule has 7 heterocycles. The number of hydrogen-bond donors (Lipinski definition) is 23. The molecule has 456 valence electrons. The SMILES string of the molecule is OC[C@H]1O[C@@H](O[C@@H]2[C@H](O[C@@H]3[C@H](O[C@@H]4[C@H](O[C@@H]5[C@H](O[C@@H]6[C@H](O[C@@H]7C(O)O[C@H](CO)[C@@H](O)[C@@H]7O)O[C@H](CO)[C@@H](O)[C@@H]6O)O[C@H](CO)[C@@H](O)[C@@H]5O)O[C@H](CO)[C@@H](O)[C@@H]4O)O[C@H](CO)[C@@H](O)[C@@H]3O)O[C@H](CO)[C@@H](O)[C@H]2O)[C@@H](O)[C@@H](O)[C@@H]1O. The maximum atomic E-state index is 11.7. The predicted octanol–water partition coefficient (Wildman–Crippen LogP) is -16.3. The van der Waals surface area contributed by atoms with Gasteiger partial charge in [-0.1, -0.05) is 0 Å². The van der Waals surface area contributed by atoms with Crippen molar-refractivity contribution in [1.29, 1.82) is 0 Å². The molecule has 0 bridgehead atoms. The molecule has 7 aliphatic heterocycles. The van der Waals surface area contributed by atoms with E-state index in [1.165, 1.54) is 0 Å². The molecule has 0 aromatic rings. The highest BCUT2D eigenvalue weighted by molar-refractivity contribution is 5.01. The lowest BCUT2D eigenvalue weighted by molar-refractivity contribution is -0.420. The minimum absolute atomic E-state index is 0.890. The van der Waals surface area contributed by atoms with Crippen LogP contribution in [0.4, 0.5) is 0 Å². The first-order valence-electron chi connectivity index (χ1n) is 24.7. The molecule has 7 rings (SSSR count). The Morgan fingerprint density at radius 2 is 0.372 bits per heavy atom. The van der Waals surface area contributed by atoms with E-state index in [0.717, 1.165) is 0 Å². The van der Waals surface area contributed by atoms with Gasteiger partial charge in [0.1, 0.15) is 171 Å². The summed E-state index contributed by atoms with van der Waals surface area (Å²) in [6.45, 7) is -7.18. The van der Waals surface area contributed by atoms with Gasteiger partial charge in [-0.2, -0.15) is 0 Å². The van der Waals surface area contributed by atoms with Crippen molar-refractivity contribution in [3.63, 3.8) is 0 Å². The number of ether oxygens (including phenoxy) is 13. The highest BCUT2D eigenvalue weighted by Gasteiger charge is 2.59. The van der Waals surface area contributed by atoms with Crippen LogP contribution in [0.1, 0.15) is 0 Å². The molecule has 7 fully saturated rings. The van der Waals surface area contributed by atoms with E-state index in [9.17, 15) is 117 Å².